The van der Waals surface area contributed by atoms with Gasteiger partial charge < -0.3 is 15.5 Å². The molecule has 1 aliphatic heterocycles. The Hall–Kier alpha value is -1.80. The second-order valence-corrected chi connectivity index (χ2v) is 5.24. The van der Waals surface area contributed by atoms with Gasteiger partial charge in [-0.3, -0.25) is 9.59 Å². The summed E-state index contributed by atoms with van der Waals surface area (Å²) in [6.45, 7) is 2.59. The van der Waals surface area contributed by atoms with Crippen molar-refractivity contribution in [1.29, 1.82) is 0 Å². The smallest absolute Gasteiger partial charge is 0.343 e. The molecule has 1 aromatic rings. The standard InChI is InChI=1S/C15H18F3N3O2.ClH/c16-15(17,18)12-4-2-11(3-5-12)14(23)20-10-13(22)21-8-1-6-19-7-9-21;/h2-5,19H,1,6-10H2,(H,20,23);1H. The molecule has 2 rings (SSSR count). The number of rotatable bonds is 3. The van der Waals surface area contributed by atoms with Gasteiger partial charge in [-0.05, 0) is 37.2 Å². The molecule has 2 N–H and O–H groups in total. The Labute approximate surface area is 144 Å². The van der Waals surface area contributed by atoms with Crippen molar-refractivity contribution < 1.29 is 22.8 Å². The average molecular weight is 366 g/mol. The summed E-state index contributed by atoms with van der Waals surface area (Å²) >= 11 is 0. The molecule has 24 heavy (non-hydrogen) atoms. The van der Waals surface area contributed by atoms with E-state index in [1.165, 1.54) is 0 Å². The summed E-state index contributed by atoms with van der Waals surface area (Å²) in [6, 6.07) is 3.88. The SMILES string of the molecule is Cl.O=C(NCC(=O)N1CCCNCC1)c1ccc(C(F)(F)F)cc1. The van der Waals surface area contributed by atoms with Crippen LogP contribution >= 0.6 is 12.4 Å². The van der Waals surface area contributed by atoms with Crippen LogP contribution in [0.15, 0.2) is 24.3 Å². The molecule has 1 fully saturated rings. The molecule has 2 amide bonds. The summed E-state index contributed by atoms with van der Waals surface area (Å²) in [7, 11) is 0. The van der Waals surface area contributed by atoms with Crippen LogP contribution < -0.4 is 10.6 Å². The summed E-state index contributed by atoms with van der Waals surface area (Å²) in [5.41, 5.74) is -0.731. The maximum Gasteiger partial charge on any atom is 0.416 e. The molecule has 0 atom stereocenters. The van der Waals surface area contributed by atoms with Crippen LogP contribution in [0.1, 0.15) is 22.3 Å². The molecular weight excluding hydrogens is 347 g/mol. The first-order valence-electron chi connectivity index (χ1n) is 7.32. The fraction of sp³-hybridized carbons (Fsp3) is 0.467. The highest BCUT2D eigenvalue weighted by Gasteiger charge is 2.30. The number of benzene rings is 1. The van der Waals surface area contributed by atoms with Crippen molar-refractivity contribution in [2.24, 2.45) is 0 Å². The van der Waals surface area contributed by atoms with Gasteiger partial charge in [0.15, 0.2) is 0 Å². The number of hydrogen-bond acceptors (Lipinski definition) is 3. The Morgan fingerprint density at radius 2 is 1.79 bits per heavy atom. The van der Waals surface area contributed by atoms with E-state index in [0.29, 0.717) is 19.6 Å². The molecule has 0 aliphatic carbocycles. The lowest BCUT2D eigenvalue weighted by Gasteiger charge is -2.20. The number of carbonyl (C=O) groups is 2. The van der Waals surface area contributed by atoms with E-state index >= 15 is 0 Å². The summed E-state index contributed by atoms with van der Waals surface area (Å²) < 4.78 is 37.4. The first-order valence-corrected chi connectivity index (χ1v) is 7.32. The first-order chi connectivity index (χ1) is 10.9. The third kappa shape index (κ3) is 5.68. The summed E-state index contributed by atoms with van der Waals surface area (Å²) in [6.07, 6.45) is -3.59. The van der Waals surface area contributed by atoms with Crippen LogP contribution in [0.5, 0.6) is 0 Å². The fourth-order valence-corrected chi connectivity index (χ4v) is 2.28. The molecule has 0 unspecified atom stereocenters. The Morgan fingerprint density at radius 1 is 1.12 bits per heavy atom. The lowest BCUT2D eigenvalue weighted by Crippen LogP contribution is -2.41. The Bertz CT molecular complexity index is 556. The molecule has 1 aliphatic rings. The molecule has 0 radical (unpaired) electrons. The van der Waals surface area contributed by atoms with Crippen molar-refractivity contribution >= 4 is 24.2 Å². The van der Waals surface area contributed by atoms with Crippen LogP contribution in [0, 0.1) is 0 Å². The number of nitrogens with one attached hydrogen (secondary N) is 2. The van der Waals surface area contributed by atoms with E-state index in [0.717, 1.165) is 37.2 Å². The van der Waals surface area contributed by atoms with Crippen molar-refractivity contribution in [3.63, 3.8) is 0 Å². The van der Waals surface area contributed by atoms with Crippen molar-refractivity contribution in [3.8, 4) is 0 Å². The number of alkyl halides is 3. The lowest BCUT2D eigenvalue weighted by molar-refractivity contribution is -0.137. The van der Waals surface area contributed by atoms with Gasteiger partial charge in [-0.1, -0.05) is 0 Å². The van der Waals surface area contributed by atoms with Crippen molar-refractivity contribution in [1.82, 2.24) is 15.5 Å². The van der Waals surface area contributed by atoms with Crippen LogP contribution in [-0.2, 0) is 11.0 Å². The van der Waals surface area contributed by atoms with Gasteiger partial charge in [-0.25, -0.2) is 0 Å². The number of carbonyl (C=O) groups excluding carboxylic acids is 2. The maximum absolute atomic E-state index is 12.5. The van der Waals surface area contributed by atoms with Crippen molar-refractivity contribution in [2.75, 3.05) is 32.7 Å². The highest BCUT2D eigenvalue weighted by molar-refractivity contribution is 5.96. The van der Waals surface area contributed by atoms with E-state index in [9.17, 15) is 22.8 Å². The number of hydrogen-bond donors (Lipinski definition) is 2. The normalized spacial score (nSPS) is 15.2. The van der Waals surface area contributed by atoms with Gasteiger partial charge >= 0.3 is 6.18 Å². The zero-order valence-corrected chi connectivity index (χ0v) is 13.7. The van der Waals surface area contributed by atoms with E-state index in [1.807, 2.05) is 0 Å². The van der Waals surface area contributed by atoms with Crippen LogP contribution in [0.3, 0.4) is 0 Å². The van der Waals surface area contributed by atoms with Crippen LogP contribution in [-0.4, -0.2) is 49.4 Å². The monoisotopic (exact) mass is 365 g/mol. The average Bonchev–Trinajstić information content (AvgIpc) is 2.81. The van der Waals surface area contributed by atoms with Gasteiger partial charge in [-0.2, -0.15) is 13.2 Å². The van der Waals surface area contributed by atoms with E-state index in [2.05, 4.69) is 10.6 Å². The maximum atomic E-state index is 12.5. The Kier molecular flexibility index (Phi) is 7.50. The van der Waals surface area contributed by atoms with Gasteiger partial charge in [0, 0.05) is 25.2 Å². The molecule has 0 saturated carbocycles. The van der Waals surface area contributed by atoms with Crippen LogP contribution in [0.2, 0.25) is 0 Å². The summed E-state index contributed by atoms with van der Waals surface area (Å²) in [5.74, 6) is -0.769. The number of amides is 2. The predicted octanol–water partition coefficient (Wildman–Crippen LogP) is 1.68. The quantitative estimate of drug-likeness (QED) is 0.856. The molecule has 0 aromatic heterocycles. The fourth-order valence-electron chi connectivity index (χ4n) is 2.28. The van der Waals surface area contributed by atoms with Crippen LogP contribution in [0.4, 0.5) is 13.2 Å². The summed E-state index contributed by atoms with van der Waals surface area (Å²) in [4.78, 5) is 25.6. The van der Waals surface area contributed by atoms with Crippen molar-refractivity contribution in [3.05, 3.63) is 35.4 Å². The minimum Gasteiger partial charge on any atom is -0.343 e. The van der Waals surface area contributed by atoms with Crippen LogP contribution in [0.25, 0.3) is 0 Å². The number of nitrogens with zero attached hydrogens (tertiary/aromatic N) is 1. The number of halogens is 4. The third-order valence-electron chi connectivity index (χ3n) is 3.57. The Balaban J connectivity index is 0.00000288. The van der Waals surface area contributed by atoms with Gasteiger partial charge in [0.05, 0.1) is 12.1 Å². The molecule has 1 aromatic carbocycles. The highest BCUT2D eigenvalue weighted by atomic mass is 35.5. The molecule has 9 heteroatoms. The minimum atomic E-state index is -4.44. The second-order valence-electron chi connectivity index (χ2n) is 5.24. The van der Waals surface area contributed by atoms with Gasteiger partial charge in [-0.15, -0.1) is 12.4 Å². The largest absolute Gasteiger partial charge is 0.416 e. The van der Waals surface area contributed by atoms with Gasteiger partial charge in [0.1, 0.15) is 0 Å². The minimum absolute atomic E-state index is 0. The van der Waals surface area contributed by atoms with Crippen molar-refractivity contribution in [2.45, 2.75) is 12.6 Å². The third-order valence-corrected chi connectivity index (χ3v) is 3.57. The zero-order chi connectivity index (χ0) is 16.9. The zero-order valence-electron chi connectivity index (χ0n) is 12.9. The van der Waals surface area contributed by atoms with Gasteiger partial charge in [0.2, 0.25) is 5.91 Å². The second kappa shape index (κ2) is 8.89. The van der Waals surface area contributed by atoms with E-state index < -0.39 is 17.6 Å². The molecule has 0 bridgehead atoms. The van der Waals surface area contributed by atoms with Gasteiger partial charge in [0.25, 0.3) is 5.91 Å². The summed E-state index contributed by atoms with van der Waals surface area (Å²) in [5, 5.41) is 5.61. The van der Waals surface area contributed by atoms with E-state index in [4.69, 9.17) is 0 Å². The first kappa shape index (κ1) is 20.2. The Morgan fingerprint density at radius 3 is 2.42 bits per heavy atom. The predicted molar refractivity (Wildman–Crippen MR) is 85.1 cm³/mol. The highest BCUT2D eigenvalue weighted by Crippen LogP contribution is 2.29. The molecule has 1 heterocycles. The molecular formula is C15H19ClF3N3O2. The van der Waals surface area contributed by atoms with E-state index in [-0.39, 0.29) is 30.4 Å². The molecule has 134 valence electrons. The molecule has 5 nitrogen and oxygen atoms in total. The lowest BCUT2D eigenvalue weighted by atomic mass is 10.1. The molecule has 0 spiro atoms. The topological polar surface area (TPSA) is 61.4 Å². The van der Waals surface area contributed by atoms with E-state index in [1.54, 1.807) is 4.90 Å². The molecule has 1 saturated heterocycles.